The number of anilines is 1. The molecular formula is C12H10N2O3S. The summed E-state index contributed by atoms with van der Waals surface area (Å²) in [5.41, 5.74) is 1.59. The molecule has 6 heteroatoms. The highest BCUT2D eigenvalue weighted by atomic mass is 32.2. The predicted molar refractivity (Wildman–Crippen MR) is 68.6 cm³/mol. The van der Waals surface area contributed by atoms with Crippen LogP contribution in [-0.4, -0.2) is 18.0 Å². The fraction of sp³-hybridized carbons (Fsp3) is 0. The Labute approximate surface area is 105 Å². The molecule has 0 unspecified atom stereocenters. The Kier molecular flexibility index (Phi) is 2.29. The van der Waals surface area contributed by atoms with Gasteiger partial charge < -0.3 is 0 Å². The summed E-state index contributed by atoms with van der Waals surface area (Å²) in [5.74, 6) is 0. The number of fused-ring (bicyclic) bond motifs is 3. The topological polar surface area (TPSA) is 60.9 Å². The monoisotopic (exact) mass is 262 g/mol. The minimum atomic E-state index is -4.28. The molecule has 0 atom stereocenters. The van der Waals surface area contributed by atoms with Crippen molar-refractivity contribution in [2.45, 2.75) is 0 Å². The predicted octanol–water partition coefficient (Wildman–Crippen LogP) is 1.95. The Hall–Kier alpha value is -2.05. The first-order valence-electron chi connectivity index (χ1n) is 5.29. The van der Waals surface area contributed by atoms with E-state index in [1.165, 1.54) is 11.1 Å². The summed E-state index contributed by atoms with van der Waals surface area (Å²) in [6.07, 6.45) is 8.25. The average Bonchev–Trinajstić information content (AvgIpc) is 2.37. The minimum absolute atomic E-state index is 0.165. The number of benzene rings is 1. The number of hydrazine groups is 1. The molecule has 1 aromatic carbocycles. The van der Waals surface area contributed by atoms with E-state index in [2.05, 4.69) is 0 Å². The standard InChI is InChI=1S/C12H10N2O3S/c15-18(16,17)12-9-10-5-1-2-6-11(10)13-7-3-4-8-14(12)13/h1-9H,(H,15,16,17). The number of hydrogen-bond donors (Lipinski definition) is 1. The highest BCUT2D eigenvalue weighted by Crippen LogP contribution is 2.34. The zero-order chi connectivity index (χ0) is 12.8. The summed E-state index contributed by atoms with van der Waals surface area (Å²) in [5, 5.41) is 2.89. The van der Waals surface area contributed by atoms with Gasteiger partial charge >= 0.3 is 10.1 Å². The summed E-state index contributed by atoms with van der Waals surface area (Å²) in [7, 11) is -4.28. The molecule has 3 rings (SSSR count). The lowest BCUT2D eigenvalue weighted by atomic mass is 10.1. The van der Waals surface area contributed by atoms with Gasteiger partial charge in [0.25, 0.3) is 0 Å². The maximum Gasteiger partial charge on any atom is 0.312 e. The van der Waals surface area contributed by atoms with Crippen molar-refractivity contribution in [3.63, 3.8) is 0 Å². The van der Waals surface area contributed by atoms with Crippen molar-refractivity contribution in [3.8, 4) is 0 Å². The van der Waals surface area contributed by atoms with E-state index in [4.69, 9.17) is 0 Å². The van der Waals surface area contributed by atoms with E-state index < -0.39 is 10.1 Å². The second kappa shape index (κ2) is 3.72. The van der Waals surface area contributed by atoms with Crippen LogP contribution in [-0.2, 0) is 10.1 Å². The van der Waals surface area contributed by atoms with Crippen molar-refractivity contribution in [2.24, 2.45) is 0 Å². The van der Waals surface area contributed by atoms with Crippen molar-refractivity contribution < 1.29 is 13.0 Å². The SMILES string of the molecule is O=S(=O)(O)C1=Cc2ccccc2N2C=CC=CN12. The fourth-order valence-corrected chi connectivity index (χ4v) is 2.65. The van der Waals surface area contributed by atoms with Crippen LogP contribution in [0.3, 0.4) is 0 Å². The molecule has 1 N–H and O–H groups in total. The second-order valence-corrected chi connectivity index (χ2v) is 5.26. The highest BCUT2D eigenvalue weighted by molar-refractivity contribution is 7.89. The van der Waals surface area contributed by atoms with E-state index in [1.54, 1.807) is 35.6 Å². The van der Waals surface area contributed by atoms with Crippen LogP contribution in [0.4, 0.5) is 5.69 Å². The van der Waals surface area contributed by atoms with E-state index in [-0.39, 0.29) is 5.03 Å². The van der Waals surface area contributed by atoms with E-state index in [1.807, 2.05) is 18.2 Å². The lowest BCUT2D eigenvalue weighted by molar-refractivity contribution is 0.440. The van der Waals surface area contributed by atoms with Crippen molar-refractivity contribution in [1.29, 1.82) is 0 Å². The van der Waals surface area contributed by atoms with Gasteiger partial charge in [0.1, 0.15) is 0 Å². The van der Waals surface area contributed by atoms with Crippen LogP contribution < -0.4 is 5.01 Å². The lowest BCUT2D eigenvalue weighted by Crippen LogP contribution is -2.40. The Morgan fingerprint density at radius 1 is 1.00 bits per heavy atom. The third-order valence-electron chi connectivity index (χ3n) is 2.75. The number of nitrogens with zero attached hydrogens (tertiary/aromatic N) is 2. The van der Waals surface area contributed by atoms with Crippen LogP contribution in [0.1, 0.15) is 5.56 Å². The summed E-state index contributed by atoms with van der Waals surface area (Å²) >= 11 is 0. The molecule has 0 amide bonds. The van der Waals surface area contributed by atoms with Gasteiger partial charge in [0.05, 0.1) is 5.69 Å². The molecule has 0 aliphatic carbocycles. The maximum atomic E-state index is 11.4. The third-order valence-corrected chi connectivity index (χ3v) is 3.58. The molecule has 1 aromatic rings. The molecule has 0 saturated carbocycles. The Bertz CT molecular complexity index is 689. The molecule has 0 radical (unpaired) electrons. The Morgan fingerprint density at radius 3 is 2.39 bits per heavy atom. The van der Waals surface area contributed by atoms with Gasteiger partial charge in [-0.2, -0.15) is 8.42 Å². The van der Waals surface area contributed by atoms with Gasteiger partial charge in [-0.25, -0.2) is 5.01 Å². The summed E-state index contributed by atoms with van der Waals surface area (Å²) < 4.78 is 32.1. The normalized spacial score (nSPS) is 17.3. The highest BCUT2D eigenvalue weighted by Gasteiger charge is 2.30. The maximum absolute atomic E-state index is 11.4. The van der Waals surface area contributed by atoms with Gasteiger partial charge in [0.15, 0.2) is 5.03 Å². The van der Waals surface area contributed by atoms with E-state index in [0.29, 0.717) is 0 Å². The van der Waals surface area contributed by atoms with Gasteiger partial charge in [-0.3, -0.25) is 9.56 Å². The van der Waals surface area contributed by atoms with Gasteiger partial charge in [-0.1, -0.05) is 18.2 Å². The van der Waals surface area contributed by atoms with Gasteiger partial charge in [0.2, 0.25) is 0 Å². The number of hydrogen-bond acceptors (Lipinski definition) is 4. The first-order valence-corrected chi connectivity index (χ1v) is 6.73. The minimum Gasteiger partial charge on any atom is -0.281 e. The number of rotatable bonds is 1. The Balaban J connectivity index is 2.26. The number of para-hydroxylation sites is 1. The van der Waals surface area contributed by atoms with Gasteiger partial charge in [-0.15, -0.1) is 0 Å². The third kappa shape index (κ3) is 1.62. The van der Waals surface area contributed by atoms with Crippen molar-refractivity contribution in [3.05, 3.63) is 59.4 Å². The smallest absolute Gasteiger partial charge is 0.281 e. The van der Waals surface area contributed by atoms with Crippen LogP contribution in [0.2, 0.25) is 0 Å². The molecule has 0 fully saturated rings. The molecule has 2 aliphatic rings. The van der Waals surface area contributed by atoms with Crippen LogP contribution in [0.15, 0.2) is 53.8 Å². The molecule has 0 spiro atoms. The largest absolute Gasteiger partial charge is 0.312 e. The van der Waals surface area contributed by atoms with Gasteiger partial charge in [0, 0.05) is 18.0 Å². The van der Waals surface area contributed by atoms with Crippen molar-refractivity contribution in [1.82, 2.24) is 5.01 Å². The first kappa shape index (κ1) is 11.1. The van der Waals surface area contributed by atoms with E-state index in [9.17, 15) is 13.0 Å². The van der Waals surface area contributed by atoms with Crippen molar-refractivity contribution >= 4 is 21.9 Å². The molecule has 18 heavy (non-hydrogen) atoms. The fourth-order valence-electron chi connectivity index (χ4n) is 1.99. The zero-order valence-electron chi connectivity index (χ0n) is 9.26. The van der Waals surface area contributed by atoms with E-state index in [0.717, 1.165) is 11.3 Å². The Morgan fingerprint density at radius 2 is 1.67 bits per heavy atom. The second-order valence-electron chi connectivity index (χ2n) is 3.89. The van der Waals surface area contributed by atoms with Crippen LogP contribution in [0.25, 0.3) is 6.08 Å². The zero-order valence-corrected chi connectivity index (χ0v) is 10.1. The summed E-state index contributed by atoms with van der Waals surface area (Å²) in [4.78, 5) is 0. The molecule has 0 aromatic heterocycles. The van der Waals surface area contributed by atoms with Crippen molar-refractivity contribution in [2.75, 3.05) is 5.01 Å². The van der Waals surface area contributed by atoms with Crippen LogP contribution in [0, 0.1) is 0 Å². The van der Waals surface area contributed by atoms with Gasteiger partial charge in [-0.05, 0) is 24.3 Å². The molecule has 0 bridgehead atoms. The van der Waals surface area contributed by atoms with Crippen LogP contribution >= 0.6 is 0 Å². The molecule has 0 saturated heterocycles. The molecule has 92 valence electrons. The summed E-state index contributed by atoms with van der Waals surface area (Å²) in [6.45, 7) is 0. The number of allylic oxidation sites excluding steroid dienone is 2. The first-order chi connectivity index (χ1) is 8.57. The van der Waals surface area contributed by atoms with E-state index >= 15 is 0 Å². The molecule has 2 heterocycles. The molecular weight excluding hydrogens is 252 g/mol. The summed E-state index contributed by atoms with van der Waals surface area (Å²) in [6, 6.07) is 7.36. The molecule has 2 aliphatic heterocycles. The molecule has 5 nitrogen and oxygen atoms in total. The van der Waals surface area contributed by atoms with Crippen LogP contribution in [0.5, 0.6) is 0 Å². The quantitative estimate of drug-likeness (QED) is 0.784. The average molecular weight is 262 g/mol. The lowest BCUT2D eigenvalue weighted by Gasteiger charge is -2.38.